The van der Waals surface area contributed by atoms with Gasteiger partial charge in [0.25, 0.3) is 5.91 Å². The number of carbonyl (C=O) groups is 1. The number of aliphatic hydroxyl groups is 1. The Morgan fingerprint density at radius 3 is 2.29 bits per heavy atom. The van der Waals surface area contributed by atoms with Crippen LogP contribution in [0, 0.1) is 0 Å². The zero-order valence-corrected chi connectivity index (χ0v) is 11.7. The molecule has 2 fully saturated rings. The number of halogens is 2. The van der Waals surface area contributed by atoms with Crippen LogP contribution in [0.5, 0.6) is 0 Å². The molecule has 0 radical (unpaired) electrons. The average molecular weight is 295 g/mol. The summed E-state index contributed by atoms with van der Waals surface area (Å²) < 4.78 is 28.0. The predicted octanol–water partition coefficient (Wildman–Crippen LogP) is 2.38. The first-order valence-electron chi connectivity index (χ1n) is 7.34. The van der Waals surface area contributed by atoms with Crippen LogP contribution in [0.4, 0.5) is 8.78 Å². The van der Waals surface area contributed by atoms with Crippen LogP contribution in [-0.4, -0.2) is 29.1 Å². The first-order valence-corrected chi connectivity index (χ1v) is 7.34. The van der Waals surface area contributed by atoms with Crippen LogP contribution < -0.4 is 5.32 Å². The number of rotatable bonds is 5. The van der Waals surface area contributed by atoms with Gasteiger partial charge in [-0.05, 0) is 37.7 Å². The summed E-state index contributed by atoms with van der Waals surface area (Å²) in [6, 6.07) is 9.62. The number of amides is 1. The summed E-state index contributed by atoms with van der Waals surface area (Å²) in [6.07, 6.45) is 2.27. The molecule has 21 heavy (non-hydrogen) atoms. The Morgan fingerprint density at radius 2 is 1.81 bits per heavy atom. The molecule has 2 N–H and O–H groups in total. The van der Waals surface area contributed by atoms with Crippen LogP contribution >= 0.6 is 0 Å². The minimum Gasteiger partial charge on any atom is -0.383 e. The Kier molecular flexibility index (Phi) is 3.28. The van der Waals surface area contributed by atoms with Crippen molar-refractivity contribution in [1.29, 1.82) is 0 Å². The summed E-state index contributed by atoms with van der Waals surface area (Å²) in [5.41, 5.74) is -1.30. The normalized spacial score (nSPS) is 22.2. The molecule has 0 bridgehead atoms. The van der Waals surface area contributed by atoms with Crippen LogP contribution in [-0.2, 0) is 10.2 Å². The summed E-state index contributed by atoms with van der Waals surface area (Å²) >= 11 is 0. The average Bonchev–Trinajstić information content (AvgIpc) is 3.24. The maximum atomic E-state index is 14.0. The highest BCUT2D eigenvalue weighted by Crippen LogP contribution is 2.48. The quantitative estimate of drug-likeness (QED) is 0.876. The Morgan fingerprint density at radius 1 is 1.19 bits per heavy atom. The molecular weight excluding hydrogens is 276 g/mol. The Labute approximate surface area is 122 Å². The van der Waals surface area contributed by atoms with Crippen LogP contribution in [0.1, 0.15) is 37.7 Å². The van der Waals surface area contributed by atoms with E-state index in [0.717, 1.165) is 18.4 Å². The van der Waals surface area contributed by atoms with Crippen LogP contribution in [0.25, 0.3) is 0 Å². The molecule has 1 amide bonds. The molecule has 0 spiro atoms. The van der Waals surface area contributed by atoms with Crippen LogP contribution in [0.2, 0.25) is 0 Å². The van der Waals surface area contributed by atoms with Gasteiger partial charge in [0.05, 0.1) is 0 Å². The first-order chi connectivity index (χ1) is 9.90. The largest absolute Gasteiger partial charge is 0.383 e. The molecule has 0 aliphatic heterocycles. The molecule has 2 aliphatic rings. The third-order valence-corrected chi connectivity index (χ3v) is 4.88. The highest BCUT2D eigenvalue weighted by Gasteiger charge is 2.61. The molecule has 3 rings (SSSR count). The van der Waals surface area contributed by atoms with E-state index < -0.39 is 17.4 Å². The fourth-order valence-electron chi connectivity index (χ4n) is 2.91. The lowest BCUT2D eigenvalue weighted by molar-refractivity contribution is -0.216. The van der Waals surface area contributed by atoms with E-state index in [0.29, 0.717) is 6.42 Å². The van der Waals surface area contributed by atoms with E-state index in [4.69, 9.17) is 0 Å². The lowest BCUT2D eigenvalue weighted by atomic mass is 9.75. The van der Waals surface area contributed by atoms with Gasteiger partial charge in [-0.25, -0.2) is 0 Å². The topological polar surface area (TPSA) is 49.3 Å². The molecule has 114 valence electrons. The van der Waals surface area contributed by atoms with Gasteiger partial charge in [-0.1, -0.05) is 30.3 Å². The SMILES string of the molecule is O=C(NCC1(c2ccccc2)CC1)C(F)(F)C1(O)CCC1. The Balaban J connectivity index is 1.64. The van der Waals surface area contributed by atoms with Crippen molar-refractivity contribution in [1.82, 2.24) is 5.32 Å². The van der Waals surface area contributed by atoms with E-state index in [9.17, 15) is 18.7 Å². The van der Waals surface area contributed by atoms with Crippen molar-refractivity contribution in [3.05, 3.63) is 35.9 Å². The predicted molar refractivity (Wildman–Crippen MR) is 74.1 cm³/mol. The van der Waals surface area contributed by atoms with Gasteiger partial charge in [0, 0.05) is 12.0 Å². The number of carbonyl (C=O) groups excluding carboxylic acids is 1. The fraction of sp³-hybridized carbons (Fsp3) is 0.562. The van der Waals surface area contributed by atoms with Gasteiger partial charge < -0.3 is 10.4 Å². The van der Waals surface area contributed by atoms with E-state index in [-0.39, 0.29) is 24.8 Å². The van der Waals surface area contributed by atoms with Crippen molar-refractivity contribution < 1.29 is 18.7 Å². The number of hydrogen-bond acceptors (Lipinski definition) is 2. The molecule has 2 aliphatic carbocycles. The highest BCUT2D eigenvalue weighted by atomic mass is 19.3. The van der Waals surface area contributed by atoms with Gasteiger partial charge in [0.1, 0.15) is 5.60 Å². The minimum absolute atomic E-state index is 0.0166. The molecule has 1 aromatic carbocycles. The Bertz CT molecular complexity index is 536. The van der Waals surface area contributed by atoms with E-state index in [1.165, 1.54) is 0 Å². The van der Waals surface area contributed by atoms with Crippen molar-refractivity contribution >= 4 is 5.91 Å². The van der Waals surface area contributed by atoms with Crippen LogP contribution in [0.3, 0.4) is 0 Å². The van der Waals surface area contributed by atoms with E-state index in [1.54, 1.807) is 0 Å². The van der Waals surface area contributed by atoms with Crippen molar-refractivity contribution in [2.24, 2.45) is 0 Å². The number of alkyl halides is 2. The fourth-order valence-corrected chi connectivity index (χ4v) is 2.91. The van der Waals surface area contributed by atoms with Gasteiger partial charge in [0.15, 0.2) is 0 Å². The molecule has 0 unspecified atom stereocenters. The molecule has 0 aromatic heterocycles. The van der Waals surface area contributed by atoms with Crippen molar-refractivity contribution in [3.8, 4) is 0 Å². The molecular formula is C16H19F2NO2. The van der Waals surface area contributed by atoms with E-state index >= 15 is 0 Å². The third-order valence-electron chi connectivity index (χ3n) is 4.88. The standard InChI is InChI=1S/C16H19F2NO2/c17-16(18,15(21)7-4-8-15)13(20)19-11-14(9-10-14)12-5-2-1-3-6-12/h1-3,5-6,21H,4,7-11H2,(H,19,20). The van der Waals surface area contributed by atoms with Crippen LogP contribution in [0.15, 0.2) is 30.3 Å². The van der Waals surface area contributed by atoms with Crippen molar-refractivity contribution in [3.63, 3.8) is 0 Å². The van der Waals surface area contributed by atoms with Gasteiger partial charge >= 0.3 is 5.92 Å². The van der Waals surface area contributed by atoms with Gasteiger partial charge in [-0.2, -0.15) is 8.78 Å². The summed E-state index contributed by atoms with van der Waals surface area (Å²) in [5, 5.41) is 12.1. The summed E-state index contributed by atoms with van der Waals surface area (Å²) in [4.78, 5) is 11.8. The molecule has 0 heterocycles. The second kappa shape index (κ2) is 4.77. The molecule has 0 atom stereocenters. The minimum atomic E-state index is -3.71. The second-order valence-corrected chi connectivity index (χ2v) is 6.29. The molecule has 5 heteroatoms. The summed E-state index contributed by atoms with van der Waals surface area (Å²) in [7, 11) is 0. The van der Waals surface area contributed by atoms with E-state index in [1.807, 2.05) is 30.3 Å². The first kappa shape index (κ1) is 14.4. The third kappa shape index (κ3) is 2.33. The second-order valence-electron chi connectivity index (χ2n) is 6.29. The smallest absolute Gasteiger partial charge is 0.352 e. The zero-order chi connectivity index (χ0) is 15.1. The number of hydrogen-bond donors (Lipinski definition) is 2. The van der Waals surface area contributed by atoms with E-state index in [2.05, 4.69) is 5.32 Å². The monoisotopic (exact) mass is 295 g/mol. The molecule has 1 aromatic rings. The molecule has 2 saturated carbocycles. The van der Waals surface area contributed by atoms with Crippen molar-refractivity contribution in [2.75, 3.05) is 6.54 Å². The Hall–Kier alpha value is -1.49. The van der Waals surface area contributed by atoms with Gasteiger partial charge in [0.2, 0.25) is 0 Å². The molecule has 0 saturated heterocycles. The number of nitrogens with one attached hydrogen (secondary N) is 1. The maximum Gasteiger partial charge on any atom is 0.352 e. The van der Waals surface area contributed by atoms with Crippen molar-refractivity contribution in [2.45, 2.75) is 49.0 Å². The van der Waals surface area contributed by atoms with Gasteiger partial charge in [-0.15, -0.1) is 0 Å². The molecule has 3 nitrogen and oxygen atoms in total. The zero-order valence-electron chi connectivity index (χ0n) is 11.7. The summed E-state index contributed by atoms with van der Waals surface area (Å²) in [6.45, 7) is 0.196. The van der Waals surface area contributed by atoms with Gasteiger partial charge in [-0.3, -0.25) is 4.79 Å². The highest BCUT2D eigenvalue weighted by molar-refractivity contribution is 5.85. The lowest BCUT2D eigenvalue weighted by Gasteiger charge is -2.41. The summed E-state index contributed by atoms with van der Waals surface area (Å²) in [5.74, 6) is -5.07. The number of benzene rings is 1. The maximum absolute atomic E-state index is 14.0. The lowest BCUT2D eigenvalue weighted by Crippen LogP contribution is -2.61.